The molecule has 0 fully saturated rings. The molecule has 2 heterocycles. The van der Waals surface area contributed by atoms with Crippen LogP contribution in [0.5, 0.6) is 0 Å². The Labute approximate surface area is 134 Å². The molecule has 2 rings (SSSR count). The normalized spacial score (nSPS) is 19.4. The lowest BCUT2D eigenvalue weighted by molar-refractivity contribution is 0.324. The van der Waals surface area contributed by atoms with Gasteiger partial charge in [-0.1, -0.05) is 47.0 Å². The summed E-state index contributed by atoms with van der Waals surface area (Å²) in [6, 6.07) is 0. The Morgan fingerprint density at radius 1 is 0.550 bits per heavy atom. The average Bonchev–Trinajstić information content (AvgIpc) is 3.07. The minimum atomic E-state index is -0.0597. The summed E-state index contributed by atoms with van der Waals surface area (Å²) < 4.78 is 1.99. The Bertz CT molecular complexity index is 426. The highest BCUT2D eigenvalue weighted by molar-refractivity contribution is 8.29. The smallest absolute Gasteiger partial charge is 0.0753 e. The molecule has 0 saturated heterocycles. The lowest BCUT2D eigenvalue weighted by Crippen LogP contribution is -1.89. The molecule has 0 aromatic carbocycles. The molecule has 0 atom stereocenters. The molecule has 20 heavy (non-hydrogen) atoms. The van der Waals surface area contributed by atoms with Crippen LogP contribution in [0, 0.1) is 0 Å². The van der Waals surface area contributed by atoms with E-state index in [-0.39, 0.29) is 26.4 Å². The summed E-state index contributed by atoms with van der Waals surface area (Å²) in [5.74, 6) is 0. The molecule has 0 spiro atoms. The predicted molar refractivity (Wildman–Crippen MR) is 88.9 cm³/mol. The van der Waals surface area contributed by atoms with E-state index < -0.39 is 0 Å². The van der Waals surface area contributed by atoms with Crippen molar-refractivity contribution in [3.63, 3.8) is 0 Å². The fourth-order valence-electron chi connectivity index (χ4n) is 1.51. The summed E-state index contributed by atoms with van der Waals surface area (Å²) in [4.78, 5) is 3.16. The summed E-state index contributed by atoms with van der Waals surface area (Å²) in [6.45, 7) is -0.239. The van der Waals surface area contributed by atoms with E-state index in [1.54, 1.807) is 0 Å². The van der Waals surface area contributed by atoms with Crippen LogP contribution in [0.2, 0.25) is 0 Å². The van der Waals surface area contributed by atoms with Gasteiger partial charge in [-0.3, -0.25) is 0 Å². The number of aliphatic hydroxyl groups excluding tert-OH is 4. The van der Waals surface area contributed by atoms with Crippen molar-refractivity contribution in [1.82, 2.24) is 0 Å². The Hall–Kier alpha value is 0.200. The molecule has 4 nitrogen and oxygen atoms in total. The molecule has 0 aromatic heterocycles. The topological polar surface area (TPSA) is 80.9 Å². The monoisotopic (exact) mass is 350 g/mol. The third-order valence-corrected chi connectivity index (χ3v) is 7.54. The fraction of sp³-hybridized carbons (Fsp3) is 0.333. The molecular weight excluding hydrogens is 336 g/mol. The zero-order valence-electron chi connectivity index (χ0n) is 10.4. The van der Waals surface area contributed by atoms with E-state index >= 15 is 0 Å². The van der Waals surface area contributed by atoms with Crippen molar-refractivity contribution < 1.29 is 20.4 Å². The molecule has 0 amide bonds. The van der Waals surface area contributed by atoms with Gasteiger partial charge in [-0.05, 0) is 12.2 Å². The van der Waals surface area contributed by atoms with E-state index in [2.05, 4.69) is 0 Å². The van der Waals surface area contributed by atoms with Gasteiger partial charge in [-0.2, -0.15) is 0 Å². The largest absolute Gasteiger partial charge is 0.391 e. The maximum Gasteiger partial charge on any atom is 0.0753 e. The molecule has 110 valence electrons. The van der Waals surface area contributed by atoms with Crippen molar-refractivity contribution in [1.29, 1.82) is 0 Å². The van der Waals surface area contributed by atoms with Crippen LogP contribution in [0.3, 0.4) is 0 Å². The SMILES string of the molecule is OCC1=C(CO)SC(=CC=C2SC(CO)=C(CO)S2)S1. The van der Waals surface area contributed by atoms with Gasteiger partial charge in [0.1, 0.15) is 0 Å². The molecule has 0 aliphatic carbocycles. The molecule has 0 bridgehead atoms. The first-order valence-corrected chi connectivity index (χ1v) is 8.99. The highest BCUT2D eigenvalue weighted by Crippen LogP contribution is 2.51. The first-order valence-electron chi connectivity index (χ1n) is 5.72. The summed E-state index contributed by atoms with van der Waals surface area (Å²) in [5, 5.41) is 36.7. The van der Waals surface area contributed by atoms with Crippen LogP contribution < -0.4 is 0 Å². The van der Waals surface area contributed by atoms with Gasteiger partial charge in [-0.15, -0.1) is 0 Å². The van der Waals surface area contributed by atoms with Gasteiger partial charge in [0, 0.05) is 28.1 Å². The highest BCUT2D eigenvalue weighted by Gasteiger charge is 2.21. The van der Waals surface area contributed by atoms with Crippen molar-refractivity contribution in [2.45, 2.75) is 0 Å². The van der Waals surface area contributed by atoms with Crippen molar-refractivity contribution in [3.05, 3.63) is 40.2 Å². The predicted octanol–water partition coefficient (Wildman–Crippen LogP) is 2.02. The van der Waals surface area contributed by atoms with Crippen molar-refractivity contribution >= 4 is 47.0 Å². The third kappa shape index (κ3) is 3.89. The van der Waals surface area contributed by atoms with Crippen molar-refractivity contribution in [3.8, 4) is 0 Å². The summed E-state index contributed by atoms with van der Waals surface area (Å²) in [5.41, 5.74) is 0. The average molecular weight is 351 g/mol. The molecule has 0 radical (unpaired) electrons. The lowest BCUT2D eigenvalue weighted by atomic mass is 10.5. The van der Waals surface area contributed by atoms with E-state index in [1.165, 1.54) is 47.0 Å². The van der Waals surface area contributed by atoms with E-state index in [4.69, 9.17) is 0 Å². The molecular formula is C12H14O4S4. The van der Waals surface area contributed by atoms with Gasteiger partial charge in [0.05, 0.1) is 26.4 Å². The van der Waals surface area contributed by atoms with Gasteiger partial charge >= 0.3 is 0 Å². The standard InChI is InChI=1S/C12H14O4S4/c13-3-7-8(4-14)18-11(17-7)1-2-12-19-9(5-15)10(6-16)20-12/h1-2,13-16H,3-6H2. The van der Waals surface area contributed by atoms with E-state index in [0.29, 0.717) is 0 Å². The zero-order chi connectivity index (χ0) is 14.5. The Balaban J connectivity index is 2.01. The third-order valence-electron chi connectivity index (χ3n) is 2.45. The van der Waals surface area contributed by atoms with Gasteiger partial charge in [0.15, 0.2) is 0 Å². The molecule has 0 aromatic rings. The van der Waals surface area contributed by atoms with Crippen molar-refractivity contribution in [2.75, 3.05) is 26.4 Å². The number of hydrogen-bond acceptors (Lipinski definition) is 8. The minimum absolute atomic E-state index is 0.0597. The van der Waals surface area contributed by atoms with E-state index in [1.807, 2.05) is 12.2 Å². The van der Waals surface area contributed by atoms with Crippen molar-refractivity contribution in [2.24, 2.45) is 0 Å². The van der Waals surface area contributed by atoms with E-state index in [9.17, 15) is 20.4 Å². The Morgan fingerprint density at radius 3 is 1.00 bits per heavy atom. The second kappa shape index (κ2) is 8.00. The minimum Gasteiger partial charge on any atom is -0.391 e. The number of aliphatic hydroxyl groups is 4. The van der Waals surface area contributed by atoms with Crippen LogP contribution in [0.4, 0.5) is 0 Å². The van der Waals surface area contributed by atoms with Crippen LogP contribution >= 0.6 is 47.0 Å². The second-order valence-corrected chi connectivity index (χ2v) is 8.77. The van der Waals surface area contributed by atoms with Crippen LogP contribution in [-0.4, -0.2) is 46.9 Å². The molecule has 2 aliphatic heterocycles. The number of allylic oxidation sites excluding steroid dienone is 2. The highest BCUT2D eigenvalue weighted by atomic mass is 32.2. The maximum atomic E-state index is 9.18. The van der Waals surface area contributed by atoms with Crippen LogP contribution in [-0.2, 0) is 0 Å². The fourth-order valence-corrected chi connectivity index (χ4v) is 6.04. The van der Waals surface area contributed by atoms with Gasteiger partial charge in [0.25, 0.3) is 0 Å². The van der Waals surface area contributed by atoms with E-state index in [0.717, 1.165) is 28.1 Å². The first kappa shape index (κ1) is 16.6. The van der Waals surface area contributed by atoms with Crippen LogP contribution in [0.1, 0.15) is 0 Å². The second-order valence-electron chi connectivity index (χ2n) is 3.70. The number of hydrogen-bond donors (Lipinski definition) is 4. The molecule has 0 saturated carbocycles. The van der Waals surface area contributed by atoms with Crippen LogP contribution in [0.15, 0.2) is 40.2 Å². The number of rotatable bonds is 5. The van der Waals surface area contributed by atoms with Gasteiger partial charge in [-0.25, -0.2) is 0 Å². The first-order chi connectivity index (χ1) is 9.71. The summed E-state index contributed by atoms with van der Waals surface area (Å²) in [6.07, 6.45) is 3.86. The molecule has 8 heteroatoms. The molecule has 0 unspecified atom stereocenters. The van der Waals surface area contributed by atoms with Crippen LogP contribution in [0.25, 0.3) is 0 Å². The maximum absolute atomic E-state index is 9.18. The Kier molecular flexibility index (Phi) is 6.63. The van der Waals surface area contributed by atoms with Gasteiger partial charge < -0.3 is 20.4 Å². The zero-order valence-corrected chi connectivity index (χ0v) is 13.7. The Morgan fingerprint density at radius 2 is 0.800 bits per heavy atom. The number of thioether (sulfide) groups is 4. The lowest BCUT2D eigenvalue weighted by Gasteiger charge is -1.96. The molecule has 4 N–H and O–H groups in total. The quantitative estimate of drug-likeness (QED) is 0.600. The van der Waals surface area contributed by atoms with Gasteiger partial charge in [0.2, 0.25) is 0 Å². The summed E-state index contributed by atoms with van der Waals surface area (Å²) >= 11 is 5.83. The summed E-state index contributed by atoms with van der Waals surface area (Å²) in [7, 11) is 0. The molecule has 2 aliphatic rings.